The molecular weight excluding hydrogens is 188 g/mol. The summed E-state index contributed by atoms with van der Waals surface area (Å²) in [4.78, 5) is 0. The van der Waals surface area contributed by atoms with Crippen LogP contribution in [0.4, 0.5) is 0 Å². The van der Waals surface area contributed by atoms with Crippen molar-refractivity contribution in [3.05, 3.63) is 42.0 Å². The van der Waals surface area contributed by atoms with E-state index >= 15 is 0 Å². The van der Waals surface area contributed by atoms with Gasteiger partial charge in [-0.1, -0.05) is 24.1 Å². The highest BCUT2D eigenvalue weighted by molar-refractivity contribution is 5.44. The maximum absolute atomic E-state index is 9.63. The number of methoxy groups -OCH3 is 1. The van der Waals surface area contributed by atoms with Gasteiger partial charge < -0.3 is 9.84 Å². The average Bonchev–Trinajstić information content (AvgIpc) is 2.28. The summed E-state index contributed by atoms with van der Waals surface area (Å²) in [5, 5.41) is 9.63. The SMILES string of the molecule is C#CC(O)c1cccc(OC)c1CC=C. The minimum Gasteiger partial charge on any atom is -0.496 e. The molecule has 0 spiro atoms. The van der Waals surface area contributed by atoms with Gasteiger partial charge >= 0.3 is 0 Å². The van der Waals surface area contributed by atoms with Gasteiger partial charge in [0.05, 0.1) is 7.11 Å². The lowest BCUT2D eigenvalue weighted by Crippen LogP contribution is -2.01. The molecule has 1 N–H and O–H groups in total. The van der Waals surface area contributed by atoms with E-state index in [0.717, 1.165) is 11.3 Å². The zero-order valence-electron chi connectivity index (χ0n) is 8.73. The number of hydrogen-bond donors (Lipinski definition) is 1. The van der Waals surface area contributed by atoms with Gasteiger partial charge in [-0.05, 0) is 18.1 Å². The molecule has 1 aromatic carbocycles. The maximum Gasteiger partial charge on any atom is 0.140 e. The van der Waals surface area contributed by atoms with E-state index in [1.54, 1.807) is 25.3 Å². The predicted octanol–water partition coefficient (Wildman–Crippen LogP) is 2.09. The van der Waals surface area contributed by atoms with Crippen LogP contribution in [0.5, 0.6) is 5.75 Å². The van der Waals surface area contributed by atoms with Crippen LogP contribution in [0.2, 0.25) is 0 Å². The van der Waals surface area contributed by atoms with Crippen LogP contribution in [0.25, 0.3) is 0 Å². The van der Waals surface area contributed by atoms with Gasteiger partial charge in [-0.25, -0.2) is 0 Å². The molecule has 0 aliphatic heterocycles. The number of allylic oxidation sites excluding steroid dienone is 1. The molecule has 0 aliphatic rings. The van der Waals surface area contributed by atoms with Gasteiger partial charge in [0.1, 0.15) is 11.9 Å². The molecule has 2 heteroatoms. The highest BCUT2D eigenvalue weighted by Gasteiger charge is 2.12. The number of hydrogen-bond acceptors (Lipinski definition) is 2. The average molecular weight is 202 g/mol. The molecule has 15 heavy (non-hydrogen) atoms. The van der Waals surface area contributed by atoms with Crippen molar-refractivity contribution in [2.75, 3.05) is 7.11 Å². The second-order valence-electron chi connectivity index (χ2n) is 3.09. The summed E-state index contributed by atoms with van der Waals surface area (Å²) in [7, 11) is 1.59. The van der Waals surface area contributed by atoms with Crippen molar-refractivity contribution in [3.63, 3.8) is 0 Å². The molecule has 78 valence electrons. The van der Waals surface area contributed by atoms with Crippen LogP contribution in [0.15, 0.2) is 30.9 Å². The fraction of sp³-hybridized carbons (Fsp3) is 0.231. The molecule has 2 nitrogen and oxygen atoms in total. The molecule has 0 saturated carbocycles. The number of rotatable bonds is 4. The van der Waals surface area contributed by atoms with E-state index < -0.39 is 6.10 Å². The van der Waals surface area contributed by atoms with Crippen molar-refractivity contribution in [3.8, 4) is 18.1 Å². The van der Waals surface area contributed by atoms with Crippen LogP contribution < -0.4 is 4.74 Å². The second-order valence-corrected chi connectivity index (χ2v) is 3.09. The summed E-state index contributed by atoms with van der Waals surface area (Å²) >= 11 is 0. The van der Waals surface area contributed by atoms with Crippen molar-refractivity contribution < 1.29 is 9.84 Å². The highest BCUT2D eigenvalue weighted by Crippen LogP contribution is 2.27. The van der Waals surface area contributed by atoms with E-state index in [4.69, 9.17) is 11.2 Å². The van der Waals surface area contributed by atoms with Crippen molar-refractivity contribution >= 4 is 0 Å². The quantitative estimate of drug-likeness (QED) is 0.598. The summed E-state index contributed by atoms with van der Waals surface area (Å²) in [6, 6.07) is 5.44. The highest BCUT2D eigenvalue weighted by atomic mass is 16.5. The molecule has 0 bridgehead atoms. The molecule has 1 atom stereocenters. The first kappa shape index (κ1) is 11.4. The fourth-order valence-electron chi connectivity index (χ4n) is 1.48. The Hall–Kier alpha value is -1.72. The van der Waals surface area contributed by atoms with E-state index in [1.165, 1.54) is 0 Å². The molecule has 1 unspecified atom stereocenters. The first-order valence-electron chi connectivity index (χ1n) is 4.65. The molecule has 1 rings (SSSR count). The number of terminal acetylenes is 1. The lowest BCUT2D eigenvalue weighted by Gasteiger charge is -2.13. The minimum absolute atomic E-state index is 0.623. The molecule has 0 fully saturated rings. The molecule has 0 aromatic heterocycles. The molecule has 0 aliphatic carbocycles. The third-order valence-electron chi connectivity index (χ3n) is 2.19. The van der Waals surface area contributed by atoms with Gasteiger partial charge in [0, 0.05) is 5.56 Å². The van der Waals surface area contributed by atoms with Crippen LogP contribution in [0, 0.1) is 12.3 Å². The van der Waals surface area contributed by atoms with Gasteiger partial charge in [-0.2, -0.15) is 0 Å². The van der Waals surface area contributed by atoms with Gasteiger partial charge in [0.15, 0.2) is 0 Å². The zero-order valence-corrected chi connectivity index (χ0v) is 8.73. The van der Waals surface area contributed by atoms with Crippen LogP contribution in [0.3, 0.4) is 0 Å². The molecule has 0 saturated heterocycles. The summed E-state index contributed by atoms with van der Waals surface area (Å²) in [6.07, 6.45) is 6.68. The standard InChI is InChI=1S/C13H14O2/c1-4-7-11-10(12(14)5-2)8-6-9-13(11)15-3/h2,4,6,8-9,12,14H,1,7H2,3H3. The Bertz CT molecular complexity index is 388. The van der Waals surface area contributed by atoms with E-state index in [9.17, 15) is 5.11 Å². The normalized spacial score (nSPS) is 11.5. The fourth-order valence-corrected chi connectivity index (χ4v) is 1.48. The monoisotopic (exact) mass is 202 g/mol. The van der Waals surface area contributed by atoms with Gasteiger partial charge in [-0.15, -0.1) is 13.0 Å². The Morgan fingerprint density at radius 3 is 2.93 bits per heavy atom. The Morgan fingerprint density at radius 2 is 2.40 bits per heavy atom. The topological polar surface area (TPSA) is 29.5 Å². The Labute approximate surface area is 90.2 Å². The Kier molecular flexibility index (Phi) is 3.96. The minimum atomic E-state index is -0.893. The molecule has 1 aromatic rings. The molecule has 0 radical (unpaired) electrons. The largest absolute Gasteiger partial charge is 0.496 e. The van der Waals surface area contributed by atoms with E-state index in [0.29, 0.717) is 12.0 Å². The predicted molar refractivity (Wildman–Crippen MR) is 60.7 cm³/mol. The van der Waals surface area contributed by atoms with Crippen molar-refractivity contribution in [2.24, 2.45) is 0 Å². The van der Waals surface area contributed by atoms with Gasteiger partial charge in [0.2, 0.25) is 0 Å². The second kappa shape index (κ2) is 5.23. The van der Waals surface area contributed by atoms with E-state index in [1.807, 2.05) is 6.07 Å². The maximum atomic E-state index is 9.63. The van der Waals surface area contributed by atoms with E-state index in [-0.39, 0.29) is 0 Å². The molecular formula is C13H14O2. The summed E-state index contributed by atoms with van der Waals surface area (Å²) in [6.45, 7) is 3.67. The number of aliphatic hydroxyl groups excluding tert-OH is 1. The molecule has 0 heterocycles. The summed E-state index contributed by atoms with van der Waals surface area (Å²) in [5.74, 6) is 3.02. The van der Waals surface area contributed by atoms with Gasteiger partial charge in [0.25, 0.3) is 0 Å². The van der Waals surface area contributed by atoms with Crippen molar-refractivity contribution in [2.45, 2.75) is 12.5 Å². The third-order valence-corrected chi connectivity index (χ3v) is 2.19. The van der Waals surface area contributed by atoms with Crippen molar-refractivity contribution in [1.29, 1.82) is 0 Å². The number of ether oxygens (including phenoxy) is 1. The van der Waals surface area contributed by atoms with Crippen LogP contribution in [-0.4, -0.2) is 12.2 Å². The van der Waals surface area contributed by atoms with E-state index in [2.05, 4.69) is 12.5 Å². The summed E-state index contributed by atoms with van der Waals surface area (Å²) in [5.41, 5.74) is 1.59. The Balaban J connectivity index is 3.25. The Morgan fingerprint density at radius 1 is 1.67 bits per heavy atom. The lowest BCUT2D eigenvalue weighted by atomic mass is 9.99. The van der Waals surface area contributed by atoms with Crippen LogP contribution in [0.1, 0.15) is 17.2 Å². The molecule has 0 amide bonds. The van der Waals surface area contributed by atoms with Crippen LogP contribution >= 0.6 is 0 Å². The lowest BCUT2D eigenvalue weighted by molar-refractivity contribution is 0.237. The smallest absolute Gasteiger partial charge is 0.140 e. The first-order valence-corrected chi connectivity index (χ1v) is 4.65. The van der Waals surface area contributed by atoms with Gasteiger partial charge in [-0.3, -0.25) is 0 Å². The zero-order chi connectivity index (χ0) is 11.3. The van der Waals surface area contributed by atoms with Crippen molar-refractivity contribution in [1.82, 2.24) is 0 Å². The third kappa shape index (κ3) is 2.39. The summed E-state index contributed by atoms with van der Waals surface area (Å²) < 4.78 is 5.21. The van der Waals surface area contributed by atoms with Crippen LogP contribution in [-0.2, 0) is 6.42 Å². The number of benzene rings is 1. The first-order chi connectivity index (χ1) is 7.24. The number of aliphatic hydroxyl groups is 1.